The maximum atomic E-state index is 12.4. The van der Waals surface area contributed by atoms with Crippen LogP contribution in [-0.2, 0) is 19.6 Å². The van der Waals surface area contributed by atoms with Gasteiger partial charge in [-0.2, -0.15) is 4.31 Å². The summed E-state index contributed by atoms with van der Waals surface area (Å²) in [7, 11) is -2.42. The third kappa shape index (κ3) is 5.45. The molecule has 0 bridgehead atoms. The number of nitrogens with zero attached hydrogens (tertiary/aromatic N) is 1. The molecule has 0 aliphatic carbocycles. The van der Waals surface area contributed by atoms with Crippen LogP contribution in [0.25, 0.3) is 0 Å². The van der Waals surface area contributed by atoms with Crippen molar-refractivity contribution in [1.82, 2.24) is 4.31 Å². The molecule has 140 valence electrons. The Balaban J connectivity index is 1.81. The van der Waals surface area contributed by atoms with E-state index < -0.39 is 16.0 Å². The van der Waals surface area contributed by atoms with Crippen LogP contribution >= 0.6 is 11.6 Å². The zero-order valence-corrected chi connectivity index (χ0v) is 16.1. The number of hydrogen-bond donors (Lipinski definition) is 0. The summed E-state index contributed by atoms with van der Waals surface area (Å²) in [5.41, 5.74) is 0.949. The fourth-order valence-corrected chi connectivity index (χ4v) is 3.38. The highest BCUT2D eigenvalue weighted by molar-refractivity contribution is 7.89. The first-order valence-corrected chi connectivity index (χ1v) is 9.68. The number of halogens is 1. The first kappa shape index (κ1) is 20.2. The molecule has 2 aromatic carbocycles. The molecule has 0 fully saturated rings. The molecule has 8 heteroatoms. The molecule has 0 atom stereocenters. The molecule has 0 aliphatic heterocycles. The summed E-state index contributed by atoms with van der Waals surface area (Å²) < 4.78 is 36.2. The minimum absolute atomic E-state index is 0.0114. The molecule has 0 aliphatic rings. The number of sulfonamides is 1. The van der Waals surface area contributed by atoms with E-state index in [1.54, 1.807) is 36.4 Å². The van der Waals surface area contributed by atoms with Gasteiger partial charge in [-0.05, 0) is 31.2 Å². The second-order valence-corrected chi connectivity index (χ2v) is 8.03. The maximum Gasteiger partial charge on any atom is 0.321 e. The first-order valence-electron chi connectivity index (χ1n) is 7.86. The van der Waals surface area contributed by atoms with E-state index in [2.05, 4.69) is 0 Å². The van der Waals surface area contributed by atoms with Gasteiger partial charge in [-0.1, -0.05) is 41.4 Å². The van der Waals surface area contributed by atoms with Crippen LogP contribution in [-0.4, -0.2) is 45.5 Å². The Morgan fingerprint density at radius 2 is 1.73 bits per heavy atom. The SMILES string of the molecule is Cc1ccc(S(=O)(=O)N(C)CC(=O)OCCOc2ccccc2Cl)cc1. The molecule has 0 amide bonds. The van der Waals surface area contributed by atoms with Gasteiger partial charge in [-0.15, -0.1) is 0 Å². The van der Waals surface area contributed by atoms with Gasteiger partial charge < -0.3 is 9.47 Å². The highest BCUT2D eigenvalue weighted by atomic mass is 35.5. The zero-order valence-electron chi connectivity index (χ0n) is 14.5. The normalized spacial score (nSPS) is 11.4. The van der Waals surface area contributed by atoms with Gasteiger partial charge >= 0.3 is 5.97 Å². The number of para-hydroxylation sites is 1. The molecule has 0 saturated carbocycles. The Morgan fingerprint density at radius 1 is 1.08 bits per heavy atom. The summed E-state index contributed by atoms with van der Waals surface area (Å²) >= 11 is 5.95. The van der Waals surface area contributed by atoms with Crippen LogP contribution in [0.3, 0.4) is 0 Å². The van der Waals surface area contributed by atoms with Crippen molar-refractivity contribution in [2.24, 2.45) is 0 Å². The monoisotopic (exact) mass is 397 g/mol. The van der Waals surface area contributed by atoms with Gasteiger partial charge in [-0.25, -0.2) is 8.42 Å². The summed E-state index contributed by atoms with van der Waals surface area (Å²) in [4.78, 5) is 12.0. The van der Waals surface area contributed by atoms with Crippen molar-refractivity contribution in [3.05, 3.63) is 59.1 Å². The Hall–Kier alpha value is -2.09. The highest BCUT2D eigenvalue weighted by Gasteiger charge is 2.23. The van der Waals surface area contributed by atoms with E-state index in [9.17, 15) is 13.2 Å². The van der Waals surface area contributed by atoms with E-state index in [1.165, 1.54) is 19.2 Å². The van der Waals surface area contributed by atoms with Crippen LogP contribution in [0.4, 0.5) is 0 Å². The Morgan fingerprint density at radius 3 is 2.38 bits per heavy atom. The summed E-state index contributed by atoms with van der Waals surface area (Å²) in [5, 5.41) is 0.461. The number of carbonyl (C=O) groups excluding carboxylic acids is 1. The van der Waals surface area contributed by atoms with Gasteiger partial charge in [-0.3, -0.25) is 4.79 Å². The van der Waals surface area contributed by atoms with Crippen LogP contribution in [0.1, 0.15) is 5.56 Å². The first-order chi connectivity index (χ1) is 12.3. The van der Waals surface area contributed by atoms with E-state index >= 15 is 0 Å². The largest absolute Gasteiger partial charge is 0.488 e. The minimum atomic E-state index is -3.75. The second-order valence-electron chi connectivity index (χ2n) is 5.57. The van der Waals surface area contributed by atoms with Crippen LogP contribution in [0.2, 0.25) is 5.02 Å². The smallest absolute Gasteiger partial charge is 0.321 e. The maximum absolute atomic E-state index is 12.4. The molecule has 0 saturated heterocycles. The summed E-state index contributed by atoms with van der Waals surface area (Å²) in [6.07, 6.45) is 0. The molecular formula is C18H20ClNO5S. The topological polar surface area (TPSA) is 72.9 Å². The van der Waals surface area contributed by atoms with E-state index in [0.717, 1.165) is 9.87 Å². The Bertz CT molecular complexity index is 852. The van der Waals surface area contributed by atoms with E-state index in [-0.39, 0.29) is 24.7 Å². The van der Waals surface area contributed by atoms with Crippen molar-refractivity contribution < 1.29 is 22.7 Å². The zero-order chi connectivity index (χ0) is 19.2. The molecule has 0 N–H and O–H groups in total. The molecule has 6 nitrogen and oxygen atoms in total. The number of ether oxygens (including phenoxy) is 2. The average Bonchev–Trinajstić information content (AvgIpc) is 2.60. The van der Waals surface area contributed by atoms with Crippen molar-refractivity contribution in [1.29, 1.82) is 0 Å². The van der Waals surface area contributed by atoms with E-state index in [4.69, 9.17) is 21.1 Å². The minimum Gasteiger partial charge on any atom is -0.488 e. The van der Waals surface area contributed by atoms with Crippen molar-refractivity contribution in [2.45, 2.75) is 11.8 Å². The lowest BCUT2D eigenvalue weighted by Crippen LogP contribution is -2.33. The predicted molar refractivity (Wildman–Crippen MR) is 98.9 cm³/mol. The predicted octanol–water partition coefficient (Wildman–Crippen LogP) is 2.89. The molecule has 0 spiro atoms. The van der Waals surface area contributed by atoms with Crippen molar-refractivity contribution in [3.63, 3.8) is 0 Å². The molecular weight excluding hydrogens is 378 g/mol. The number of hydrogen-bond acceptors (Lipinski definition) is 5. The summed E-state index contributed by atoms with van der Waals surface area (Å²) in [6, 6.07) is 13.3. The van der Waals surface area contributed by atoms with Crippen molar-refractivity contribution in [3.8, 4) is 5.75 Å². The van der Waals surface area contributed by atoms with Gasteiger partial charge in [0.05, 0.1) is 9.92 Å². The quantitative estimate of drug-likeness (QED) is 0.506. The Kier molecular flexibility index (Phi) is 7.02. The molecule has 2 aromatic rings. The molecule has 0 aromatic heterocycles. The van der Waals surface area contributed by atoms with Gasteiger partial charge in [0.2, 0.25) is 10.0 Å². The molecule has 0 heterocycles. The fraction of sp³-hybridized carbons (Fsp3) is 0.278. The Labute approximate surface area is 158 Å². The fourth-order valence-electron chi connectivity index (χ4n) is 2.07. The number of carbonyl (C=O) groups is 1. The lowest BCUT2D eigenvalue weighted by molar-refractivity contribution is -0.144. The van der Waals surface area contributed by atoms with Crippen LogP contribution in [0.5, 0.6) is 5.75 Å². The number of likely N-dealkylation sites (N-methyl/N-ethyl adjacent to an activating group) is 1. The van der Waals surface area contributed by atoms with E-state index in [0.29, 0.717) is 10.8 Å². The van der Waals surface area contributed by atoms with Crippen molar-refractivity contribution >= 4 is 27.6 Å². The molecule has 26 heavy (non-hydrogen) atoms. The third-order valence-electron chi connectivity index (χ3n) is 3.52. The molecule has 2 rings (SSSR count). The van der Waals surface area contributed by atoms with Crippen LogP contribution in [0, 0.1) is 6.92 Å². The average molecular weight is 398 g/mol. The molecule has 0 unspecified atom stereocenters. The summed E-state index contributed by atoms with van der Waals surface area (Å²) in [6.45, 7) is 1.58. The molecule has 0 radical (unpaired) electrons. The van der Waals surface area contributed by atoms with Gasteiger partial charge in [0.1, 0.15) is 25.5 Å². The van der Waals surface area contributed by atoms with Gasteiger partial charge in [0.25, 0.3) is 0 Å². The summed E-state index contributed by atoms with van der Waals surface area (Å²) in [5.74, 6) is -0.171. The number of rotatable bonds is 8. The number of benzene rings is 2. The van der Waals surface area contributed by atoms with Crippen LogP contribution < -0.4 is 4.74 Å². The lowest BCUT2D eigenvalue weighted by Gasteiger charge is -2.16. The number of esters is 1. The third-order valence-corrected chi connectivity index (χ3v) is 5.65. The van der Waals surface area contributed by atoms with E-state index in [1.807, 2.05) is 6.92 Å². The second kappa shape index (κ2) is 9.02. The van der Waals surface area contributed by atoms with Gasteiger partial charge in [0, 0.05) is 7.05 Å². The highest BCUT2D eigenvalue weighted by Crippen LogP contribution is 2.22. The number of aryl methyl sites for hydroxylation is 1. The lowest BCUT2D eigenvalue weighted by atomic mass is 10.2. The standard InChI is InChI=1S/C18H20ClNO5S/c1-14-7-9-15(10-8-14)26(22,23)20(2)13-18(21)25-12-11-24-17-6-4-3-5-16(17)19/h3-10H,11-13H2,1-2H3. The van der Waals surface area contributed by atoms with Crippen molar-refractivity contribution in [2.75, 3.05) is 26.8 Å². The van der Waals surface area contributed by atoms with Crippen LogP contribution in [0.15, 0.2) is 53.4 Å². The van der Waals surface area contributed by atoms with Gasteiger partial charge in [0.15, 0.2) is 0 Å².